The molecule has 0 aliphatic heterocycles. The van der Waals surface area contributed by atoms with Crippen LogP contribution in [0, 0.1) is 6.92 Å². The number of oxazole rings is 1. The molecular weight excluding hydrogens is 412 g/mol. The van der Waals surface area contributed by atoms with Gasteiger partial charge in [0.2, 0.25) is 26.6 Å². The van der Waals surface area contributed by atoms with Crippen LogP contribution in [0.15, 0.2) is 93.2 Å². The second-order valence-corrected chi connectivity index (χ2v) is 8.82. The van der Waals surface area contributed by atoms with Crippen LogP contribution in [0.1, 0.15) is 11.1 Å². The number of nitrogens with zero attached hydrogens (tertiary/aromatic N) is 1. The molecule has 6 nitrogen and oxygen atoms in total. The van der Waals surface area contributed by atoms with Crippen molar-refractivity contribution in [2.24, 2.45) is 0 Å². The summed E-state index contributed by atoms with van der Waals surface area (Å²) in [5, 5.41) is 2.96. The summed E-state index contributed by atoms with van der Waals surface area (Å²) in [6, 6.07) is 23.3. The number of anilines is 1. The lowest BCUT2D eigenvalue weighted by atomic mass is 10.1. The summed E-state index contributed by atoms with van der Waals surface area (Å²) in [5.41, 5.74) is 2.53. The van der Waals surface area contributed by atoms with E-state index in [9.17, 15) is 8.42 Å². The first-order chi connectivity index (χ1) is 15.0. The number of aromatic nitrogens is 1. The number of hydrogen-bond acceptors (Lipinski definition) is 6. The first kappa shape index (κ1) is 20.7. The molecule has 0 saturated carbocycles. The van der Waals surface area contributed by atoms with Crippen molar-refractivity contribution in [2.45, 2.75) is 23.4 Å². The van der Waals surface area contributed by atoms with E-state index in [2.05, 4.69) is 10.3 Å². The van der Waals surface area contributed by atoms with Crippen LogP contribution in [-0.2, 0) is 16.4 Å². The van der Waals surface area contributed by atoms with E-state index in [1.54, 1.807) is 37.4 Å². The monoisotopic (exact) mass is 434 g/mol. The van der Waals surface area contributed by atoms with Crippen LogP contribution in [0.25, 0.3) is 11.5 Å². The zero-order chi connectivity index (χ0) is 21.8. The number of aryl methyl sites for hydroxylation is 1. The van der Waals surface area contributed by atoms with Gasteiger partial charge < -0.3 is 14.5 Å². The molecule has 7 heteroatoms. The van der Waals surface area contributed by atoms with Crippen LogP contribution in [0.3, 0.4) is 0 Å². The van der Waals surface area contributed by atoms with Crippen molar-refractivity contribution in [3.63, 3.8) is 0 Å². The van der Waals surface area contributed by atoms with Crippen LogP contribution < -0.4 is 10.1 Å². The van der Waals surface area contributed by atoms with Crippen molar-refractivity contribution >= 4 is 15.7 Å². The fourth-order valence-corrected chi connectivity index (χ4v) is 4.56. The number of sulfone groups is 1. The summed E-state index contributed by atoms with van der Waals surface area (Å²) in [7, 11) is -2.30. The summed E-state index contributed by atoms with van der Waals surface area (Å²) < 4.78 is 38.0. The standard InChI is InChI=1S/C24H22N2O4S/c1-17-10-6-8-14-20(17)22-26-24(31(27,28)19-12-4-3-5-13-19)23(30-22)25-16-18-11-7-9-15-21(18)29-2/h3-15,25H,16H2,1-2H3. The van der Waals surface area contributed by atoms with Gasteiger partial charge in [-0.05, 0) is 36.8 Å². The Morgan fingerprint density at radius 1 is 0.935 bits per heavy atom. The summed E-state index contributed by atoms with van der Waals surface area (Å²) in [6.07, 6.45) is 0. The summed E-state index contributed by atoms with van der Waals surface area (Å²) >= 11 is 0. The lowest BCUT2D eigenvalue weighted by Crippen LogP contribution is -2.08. The Balaban J connectivity index is 1.78. The van der Waals surface area contributed by atoms with Crippen molar-refractivity contribution in [1.29, 1.82) is 0 Å². The highest BCUT2D eigenvalue weighted by Gasteiger charge is 2.28. The zero-order valence-electron chi connectivity index (χ0n) is 17.2. The normalized spacial score (nSPS) is 11.3. The molecule has 0 fully saturated rings. The van der Waals surface area contributed by atoms with E-state index in [0.717, 1.165) is 16.7 Å². The van der Waals surface area contributed by atoms with Crippen molar-refractivity contribution in [1.82, 2.24) is 4.98 Å². The van der Waals surface area contributed by atoms with E-state index in [-0.39, 0.29) is 21.7 Å². The Labute approximate surface area is 181 Å². The van der Waals surface area contributed by atoms with Gasteiger partial charge in [-0.2, -0.15) is 4.98 Å². The quantitative estimate of drug-likeness (QED) is 0.436. The number of para-hydroxylation sites is 1. The van der Waals surface area contributed by atoms with Crippen LogP contribution in [0.4, 0.5) is 5.88 Å². The maximum absolute atomic E-state index is 13.3. The van der Waals surface area contributed by atoms with Gasteiger partial charge in [-0.3, -0.25) is 0 Å². The molecule has 0 aliphatic rings. The van der Waals surface area contributed by atoms with Crippen LogP contribution in [-0.4, -0.2) is 20.5 Å². The topological polar surface area (TPSA) is 81.4 Å². The number of rotatable bonds is 7. The molecule has 0 saturated heterocycles. The molecule has 0 atom stereocenters. The minimum absolute atomic E-state index is 0.0908. The van der Waals surface area contributed by atoms with E-state index in [4.69, 9.17) is 9.15 Å². The Morgan fingerprint density at radius 2 is 1.61 bits per heavy atom. The summed E-state index contributed by atoms with van der Waals surface area (Å²) in [4.78, 5) is 4.55. The van der Waals surface area contributed by atoms with Gasteiger partial charge in [0.1, 0.15) is 5.75 Å². The summed E-state index contributed by atoms with van der Waals surface area (Å²) in [5.74, 6) is 1.03. The van der Waals surface area contributed by atoms with Crippen LogP contribution in [0.2, 0.25) is 0 Å². The first-order valence-corrected chi connectivity index (χ1v) is 11.2. The maximum Gasteiger partial charge on any atom is 0.234 e. The smallest absolute Gasteiger partial charge is 0.234 e. The molecule has 31 heavy (non-hydrogen) atoms. The average molecular weight is 435 g/mol. The third-order valence-corrected chi connectivity index (χ3v) is 6.59. The second-order valence-electron chi connectivity index (χ2n) is 6.95. The highest BCUT2D eigenvalue weighted by atomic mass is 32.2. The fraction of sp³-hybridized carbons (Fsp3) is 0.125. The molecule has 4 aromatic rings. The second kappa shape index (κ2) is 8.65. The highest BCUT2D eigenvalue weighted by molar-refractivity contribution is 7.91. The lowest BCUT2D eigenvalue weighted by Gasteiger charge is -2.09. The van der Waals surface area contributed by atoms with Gasteiger partial charge in [0.25, 0.3) is 0 Å². The fourth-order valence-electron chi connectivity index (χ4n) is 3.26. The molecule has 0 unspecified atom stereocenters. The molecule has 1 N–H and O–H groups in total. The Hall–Kier alpha value is -3.58. The predicted molar refractivity (Wildman–Crippen MR) is 119 cm³/mol. The molecule has 0 bridgehead atoms. The Kier molecular flexibility index (Phi) is 5.77. The number of hydrogen-bond donors (Lipinski definition) is 1. The van der Waals surface area contributed by atoms with Crippen molar-refractivity contribution in [2.75, 3.05) is 12.4 Å². The van der Waals surface area contributed by atoms with Crippen molar-refractivity contribution in [3.05, 3.63) is 90.0 Å². The molecular formula is C24H22N2O4S. The number of benzene rings is 3. The molecule has 3 aromatic carbocycles. The van der Waals surface area contributed by atoms with Crippen molar-refractivity contribution < 1.29 is 17.6 Å². The highest BCUT2D eigenvalue weighted by Crippen LogP contribution is 2.34. The van der Waals surface area contributed by atoms with E-state index < -0.39 is 9.84 Å². The zero-order valence-corrected chi connectivity index (χ0v) is 18.0. The largest absolute Gasteiger partial charge is 0.496 e. The number of ether oxygens (including phenoxy) is 1. The van der Waals surface area contributed by atoms with Crippen LogP contribution >= 0.6 is 0 Å². The molecule has 0 spiro atoms. The van der Waals surface area contributed by atoms with E-state index >= 15 is 0 Å². The molecule has 1 heterocycles. The van der Waals surface area contributed by atoms with Gasteiger partial charge in [-0.15, -0.1) is 0 Å². The third kappa shape index (κ3) is 4.18. The van der Waals surface area contributed by atoms with E-state index in [0.29, 0.717) is 12.3 Å². The van der Waals surface area contributed by atoms with Gasteiger partial charge in [0.05, 0.1) is 12.0 Å². The molecule has 158 valence electrons. The minimum atomic E-state index is -3.89. The SMILES string of the molecule is COc1ccccc1CNc1oc(-c2ccccc2C)nc1S(=O)(=O)c1ccccc1. The molecule has 4 rings (SSSR count). The minimum Gasteiger partial charge on any atom is -0.496 e. The van der Waals surface area contributed by atoms with Gasteiger partial charge in [-0.1, -0.05) is 54.6 Å². The first-order valence-electron chi connectivity index (χ1n) is 9.73. The molecule has 0 amide bonds. The third-order valence-electron chi connectivity index (χ3n) is 4.91. The number of nitrogens with one attached hydrogen (secondary N) is 1. The van der Waals surface area contributed by atoms with Gasteiger partial charge >= 0.3 is 0 Å². The summed E-state index contributed by atoms with van der Waals surface area (Å²) in [6.45, 7) is 2.23. The Bertz CT molecular complexity index is 1300. The predicted octanol–water partition coefficient (Wildman–Crippen LogP) is 5.10. The maximum atomic E-state index is 13.3. The molecule has 0 aliphatic carbocycles. The van der Waals surface area contributed by atoms with E-state index in [1.807, 2.05) is 55.5 Å². The lowest BCUT2D eigenvalue weighted by molar-refractivity contribution is 0.410. The number of methoxy groups -OCH3 is 1. The van der Waals surface area contributed by atoms with Gasteiger partial charge in [0, 0.05) is 17.7 Å². The molecule has 0 radical (unpaired) electrons. The van der Waals surface area contributed by atoms with Crippen molar-refractivity contribution in [3.8, 4) is 17.2 Å². The average Bonchev–Trinajstić information content (AvgIpc) is 3.23. The van der Waals surface area contributed by atoms with Gasteiger partial charge in [-0.25, -0.2) is 8.42 Å². The van der Waals surface area contributed by atoms with E-state index in [1.165, 1.54) is 0 Å². The van der Waals surface area contributed by atoms with Gasteiger partial charge in [0.15, 0.2) is 0 Å². The van der Waals surface area contributed by atoms with Crippen LogP contribution in [0.5, 0.6) is 5.75 Å². The Morgan fingerprint density at radius 3 is 2.35 bits per heavy atom. The molecule has 1 aromatic heterocycles.